The van der Waals surface area contributed by atoms with Crippen LogP contribution in [0, 0.1) is 5.41 Å². The van der Waals surface area contributed by atoms with E-state index in [1.807, 2.05) is 0 Å². The second-order valence-electron chi connectivity index (χ2n) is 6.55. The van der Waals surface area contributed by atoms with E-state index in [1.54, 1.807) is 0 Å². The third-order valence-corrected chi connectivity index (χ3v) is 3.87. The SMILES string of the molecule is CC(C)(C)C(N)C(C)(C)N1CCCCC1. The van der Waals surface area contributed by atoms with Gasteiger partial charge in [-0.25, -0.2) is 0 Å². The van der Waals surface area contributed by atoms with Crippen molar-refractivity contribution in [2.24, 2.45) is 11.1 Å². The van der Waals surface area contributed by atoms with Crippen LogP contribution < -0.4 is 5.73 Å². The maximum Gasteiger partial charge on any atom is 0.0309 e. The van der Waals surface area contributed by atoms with Crippen LogP contribution in [0.3, 0.4) is 0 Å². The minimum absolute atomic E-state index is 0.124. The molecule has 90 valence electrons. The quantitative estimate of drug-likeness (QED) is 0.762. The average Bonchev–Trinajstić information content (AvgIpc) is 2.16. The molecule has 0 amide bonds. The summed E-state index contributed by atoms with van der Waals surface area (Å²) in [7, 11) is 0. The second kappa shape index (κ2) is 4.42. The zero-order valence-electron chi connectivity index (χ0n) is 11.1. The molecule has 1 atom stereocenters. The Balaban J connectivity index is 2.71. The molecular weight excluding hydrogens is 184 g/mol. The van der Waals surface area contributed by atoms with E-state index in [-0.39, 0.29) is 17.0 Å². The van der Waals surface area contributed by atoms with Crippen molar-refractivity contribution in [2.45, 2.75) is 65.5 Å². The Kier molecular flexibility index (Phi) is 3.83. The summed E-state index contributed by atoms with van der Waals surface area (Å²) in [5.41, 5.74) is 6.72. The minimum Gasteiger partial charge on any atom is -0.326 e. The molecule has 15 heavy (non-hydrogen) atoms. The molecule has 2 N–H and O–H groups in total. The van der Waals surface area contributed by atoms with E-state index >= 15 is 0 Å². The summed E-state index contributed by atoms with van der Waals surface area (Å²) in [6.45, 7) is 13.8. The van der Waals surface area contributed by atoms with Crippen molar-refractivity contribution in [3.63, 3.8) is 0 Å². The number of rotatable bonds is 2. The van der Waals surface area contributed by atoms with Crippen molar-refractivity contribution >= 4 is 0 Å². The molecule has 0 bridgehead atoms. The topological polar surface area (TPSA) is 29.3 Å². The zero-order valence-corrected chi connectivity index (χ0v) is 11.1. The highest BCUT2D eigenvalue weighted by molar-refractivity contribution is 4.98. The number of piperidine rings is 1. The fraction of sp³-hybridized carbons (Fsp3) is 1.00. The summed E-state index contributed by atoms with van der Waals surface area (Å²) in [6.07, 6.45) is 4.05. The van der Waals surface area contributed by atoms with Gasteiger partial charge >= 0.3 is 0 Å². The molecule has 1 unspecified atom stereocenters. The van der Waals surface area contributed by atoms with Crippen molar-refractivity contribution in [2.75, 3.05) is 13.1 Å². The van der Waals surface area contributed by atoms with Gasteiger partial charge in [0.1, 0.15) is 0 Å². The van der Waals surface area contributed by atoms with E-state index in [1.165, 1.54) is 32.4 Å². The number of nitrogens with zero attached hydrogens (tertiary/aromatic N) is 1. The Morgan fingerprint density at radius 2 is 1.40 bits per heavy atom. The van der Waals surface area contributed by atoms with Crippen LogP contribution in [0.2, 0.25) is 0 Å². The van der Waals surface area contributed by atoms with Gasteiger partial charge in [-0.2, -0.15) is 0 Å². The zero-order chi connectivity index (χ0) is 11.7. The highest BCUT2D eigenvalue weighted by Crippen LogP contribution is 2.31. The van der Waals surface area contributed by atoms with Gasteiger partial charge in [0.15, 0.2) is 0 Å². The molecular formula is C13H28N2. The lowest BCUT2D eigenvalue weighted by atomic mass is 9.75. The molecule has 1 aliphatic heterocycles. The first-order valence-corrected chi connectivity index (χ1v) is 6.27. The Labute approximate surface area is 95.2 Å². The van der Waals surface area contributed by atoms with E-state index in [4.69, 9.17) is 5.73 Å². The largest absolute Gasteiger partial charge is 0.326 e. The monoisotopic (exact) mass is 212 g/mol. The van der Waals surface area contributed by atoms with Gasteiger partial charge in [-0.1, -0.05) is 27.2 Å². The van der Waals surface area contributed by atoms with Crippen molar-refractivity contribution in [3.8, 4) is 0 Å². The van der Waals surface area contributed by atoms with Crippen molar-refractivity contribution < 1.29 is 0 Å². The molecule has 0 aromatic rings. The van der Waals surface area contributed by atoms with E-state index in [0.717, 1.165) is 0 Å². The Hall–Kier alpha value is -0.0800. The molecule has 0 aliphatic carbocycles. The molecule has 1 heterocycles. The summed E-state index contributed by atoms with van der Waals surface area (Å²) < 4.78 is 0. The van der Waals surface area contributed by atoms with Gasteiger partial charge in [-0.3, -0.25) is 4.90 Å². The fourth-order valence-electron chi connectivity index (χ4n) is 2.73. The number of hydrogen-bond acceptors (Lipinski definition) is 2. The molecule has 1 saturated heterocycles. The molecule has 2 heteroatoms. The lowest BCUT2D eigenvalue weighted by Gasteiger charge is -2.49. The highest BCUT2D eigenvalue weighted by atomic mass is 15.2. The van der Waals surface area contributed by atoms with Crippen LogP contribution in [-0.4, -0.2) is 29.6 Å². The second-order valence-corrected chi connectivity index (χ2v) is 6.55. The molecule has 0 spiro atoms. The highest BCUT2D eigenvalue weighted by Gasteiger charge is 2.39. The molecule has 0 aromatic heterocycles. The summed E-state index contributed by atoms with van der Waals surface area (Å²) in [5.74, 6) is 0. The Bertz CT molecular complexity index is 197. The Morgan fingerprint density at radius 3 is 1.80 bits per heavy atom. The van der Waals surface area contributed by atoms with E-state index in [9.17, 15) is 0 Å². The molecule has 2 nitrogen and oxygen atoms in total. The van der Waals surface area contributed by atoms with Gasteiger partial charge in [0, 0.05) is 11.6 Å². The van der Waals surface area contributed by atoms with E-state index in [2.05, 4.69) is 39.5 Å². The maximum absolute atomic E-state index is 6.42. The van der Waals surface area contributed by atoms with Crippen molar-refractivity contribution in [3.05, 3.63) is 0 Å². The van der Waals surface area contributed by atoms with Gasteiger partial charge < -0.3 is 5.73 Å². The van der Waals surface area contributed by atoms with Crippen LogP contribution in [0.5, 0.6) is 0 Å². The normalized spacial score (nSPS) is 22.8. The number of hydrogen-bond donors (Lipinski definition) is 1. The summed E-state index contributed by atoms with van der Waals surface area (Å²) >= 11 is 0. The minimum atomic E-state index is 0.124. The molecule has 0 aromatic carbocycles. The summed E-state index contributed by atoms with van der Waals surface area (Å²) in [6, 6.07) is 0.225. The van der Waals surface area contributed by atoms with E-state index in [0.29, 0.717) is 0 Å². The molecule has 1 aliphatic rings. The van der Waals surface area contributed by atoms with Gasteiger partial charge in [0.2, 0.25) is 0 Å². The van der Waals surface area contributed by atoms with Crippen LogP contribution in [0.4, 0.5) is 0 Å². The van der Waals surface area contributed by atoms with Crippen LogP contribution in [0.1, 0.15) is 53.9 Å². The first-order valence-electron chi connectivity index (χ1n) is 6.27. The smallest absolute Gasteiger partial charge is 0.0309 e. The maximum atomic E-state index is 6.42. The van der Waals surface area contributed by atoms with Gasteiger partial charge in [0.25, 0.3) is 0 Å². The molecule has 0 radical (unpaired) electrons. The third kappa shape index (κ3) is 2.94. The number of nitrogens with two attached hydrogens (primary N) is 1. The summed E-state index contributed by atoms with van der Waals surface area (Å²) in [5, 5.41) is 0. The first kappa shape index (κ1) is 13.0. The van der Waals surface area contributed by atoms with Gasteiger partial charge in [-0.05, 0) is 45.2 Å². The molecule has 0 saturated carbocycles. The van der Waals surface area contributed by atoms with Crippen LogP contribution >= 0.6 is 0 Å². The standard InChI is InChI=1S/C13H28N2/c1-12(2,3)11(14)13(4,5)15-9-7-6-8-10-15/h11H,6-10,14H2,1-5H3. The van der Waals surface area contributed by atoms with Crippen LogP contribution in [0.15, 0.2) is 0 Å². The predicted octanol–water partition coefficient (Wildman–Crippen LogP) is 2.62. The third-order valence-electron chi connectivity index (χ3n) is 3.87. The average molecular weight is 212 g/mol. The summed E-state index contributed by atoms with van der Waals surface area (Å²) in [4.78, 5) is 2.58. The Morgan fingerprint density at radius 1 is 0.933 bits per heavy atom. The lowest BCUT2D eigenvalue weighted by Crippen LogP contribution is -2.61. The number of likely N-dealkylation sites (tertiary alicyclic amines) is 1. The lowest BCUT2D eigenvalue weighted by molar-refractivity contribution is 0.0379. The van der Waals surface area contributed by atoms with E-state index < -0.39 is 0 Å². The van der Waals surface area contributed by atoms with Crippen LogP contribution in [0.25, 0.3) is 0 Å². The van der Waals surface area contributed by atoms with Gasteiger partial charge in [-0.15, -0.1) is 0 Å². The predicted molar refractivity (Wildman–Crippen MR) is 66.9 cm³/mol. The van der Waals surface area contributed by atoms with Crippen LogP contribution in [-0.2, 0) is 0 Å². The molecule has 1 fully saturated rings. The van der Waals surface area contributed by atoms with Crippen molar-refractivity contribution in [1.82, 2.24) is 4.90 Å². The first-order chi connectivity index (χ1) is 6.76. The van der Waals surface area contributed by atoms with Gasteiger partial charge in [0.05, 0.1) is 0 Å². The fourth-order valence-corrected chi connectivity index (χ4v) is 2.73. The van der Waals surface area contributed by atoms with Crippen molar-refractivity contribution in [1.29, 1.82) is 0 Å². The molecule has 1 rings (SSSR count).